The van der Waals surface area contributed by atoms with Gasteiger partial charge in [0, 0.05) is 0 Å². The molecule has 160 valence electrons. The highest BCUT2D eigenvalue weighted by Gasteiger charge is 2.27. The van der Waals surface area contributed by atoms with Crippen molar-refractivity contribution < 1.29 is 31.9 Å². The van der Waals surface area contributed by atoms with E-state index in [0.717, 1.165) is 0 Å². The van der Waals surface area contributed by atoms with Crippen LogP contribution < -0.4 is 23.7 Å². The van der Waals surface area contributed by atoms with E-state index >= 15 is 0 Å². The molecular weight excluding hydrogens is 414 g/mol. The average Bonchev–Trinajstić information content (AvgIpc) is 3.21. The Morgan fingerprint density at radius 2 is 1.70 bits per heavy atom. The van der Waals surface area contributed by atoms with Crippen LogP contribution in [0.15, 0.2) is 45.8 Å². The van der Waals surface area contributed by atoms with Gasteiger partial charge in [-0.1, -0.05) is 6.07 Å². The Kier molecular flexibility index (Phi) is 6.31. The molecule has 0 aliphatic rings. The summed E-state index contributed by atoms with van der Waals surface area (Å²) in [7, 11) is 0.0983. The molecule has 0 aliphatic heterocycles. The van der Waals surface area contributed by atoms with Crippen molar-refractivity contribution in [3.63, 3.8) is 0 Å². The number of methoxy groups -OCH3 is 3. The predicted octanol–water partition coefficient (Wildman–Crippen LogP) is 2.96. The van der Waals surface area contributed by atoms with Gasteiger partial charge in [0.2, 0.25) is 0 Å². The fourth-order valence-electron chi connectivity index (χ4n) is 2.71. The number of hydrogen-bond donors (Lipinski definition) is 1. The molecule has 0 fully saturated rings. The first kappa shape index (κ1) is 21.2. The van der Waals surface area contributed by atoms with Gasteiger partial charge in [-0.05, 0) is 42.4 Å². The lowest BCUT2D eigenvalue weighted by Gasteiger charge is -2.13. The zero-order valence-corrected chi connectivity index (χ0v) is 17.6. The van der Waals surface area contributed by atoms with Crippen LogP contribution in [0.25, 0.3) is 11.5 Å². The predicted molar refractivity (Wildman–Crippen MR) is 108 cm³/mol. The lowest BCUT2D eigenvalue weighted by molar-refractivity contribution is 0.338. The van der Waals surface area contributed by atoms with E-state index < -0.39 is 10.0 Å². The van der Waals surface area contributed by atoms with E-state index in [1.54, 1.807) is 24.3 Å². The first-order valence-electron chi connectivity index (χ1n) is 8.82. The number of ether oxygens (including phenoxy) is 4. The Balaban J connectivity index is 1.97. The van der Waals surface area contributed by atoms with Crippen molar-refractivity contribution in [1.82, 2.24) is 10.1 Å². The van der Waals surface area contributed by atoms with Crippen LogP contribution in [0.3, 0.4) is 0 Å². The van der Waals surface area contributed by atoms with E-state index in [-0.39, 0.29) is 28.2 Å². The van der Waals surface area contributed by atoms with Crippen molar-refractivity contribution in [3.05, 3.63) is 36.4 Å². The maximum Gasteiger partial charge on any atom is 0.277 e. The quantitative estimate of drug-likeness (QED) is 0.540. The number of sulfonamides is 1. The molecule has 0 radical (unpaired) electrons. The zero-order chi connectivity index (χ0) is 21.7. The molecule has 0 atom stereocenters. The van der Waals surface area contributed by atoms with E-state index in [2.05, 4.69) is 14.9 Å². The fourth-order valence-corrected chi connectivity index (χ4v) is 3.97. The second-order valence-electron chi connectivity index (χ2n) is 5.82. The largest absolute Gasteiger partial charge is 0.497 e. The minimum atomic E-state index is -4.14. The van der Waals surface area contributed by atoms with Crippen molar-refractivity contribution in [2.45, 2.75) is 11.8 Å². The SMILES string of the molecule is CCOc1ccc(OC)cc1-c1nc(NS(=O)(=O)c2c(OC)cccc2OC)no1. The van der Waals surface area contributed by atoms with Crippen LogP contribution in [0.2, 0.25) is 0 Å². The van der Waals surface area contributed by atoms with Crippen molar-refractivity contribution in [2.24, 2.45) is 0 Å². The van der Waals surface area contributed by atoms with Gasteiger partial charge in [0.05, 0.1) is 33.5 Å². The third-order valence-corrected chi connectivity index (χ3v) is 5.41. The Bertz CT molecular complexity index is 1110. The summed E-state index contributed by atoms with van der Waals surface area (Å²) in [5.74, 6) is 1.05. The molecule has 1 N–H and O–H groups in total. The summed E-state index contributed by atoms with van der Waals surface area (Å²) in [4.78, 5) is 3.95. The summed E-state index contributed by atoms with van der Waals surface area (Å²) in [5.41, 5.74) is 0.462. The lowest BCUT2D eigenvalue weighted by Crippen LogP contribution is -2.16. The van der Waals surface area contributed by atoms with E-state index in [4.69, 9.17) is 23.5 Å². The molecule has 0 aliphatic carbocycles. The molecule has 0 saturated heterocycles. The minimum Gasteiger partial charge on any atom is -0.497 e. The molecular formula is C19H21N3O7S. The number of aromatic nitrogens is 2. The number of rotatable bonds is 9. The fraction of sp³-hybridized carbons (Fsp3) is 0.263. The molecule has 1 aromatic heterocycles. The van der Waals surface area contributed by atoms with E-state index in [9.17, 15) is 8.42 Å². The summed E-state index contributed by atoms with van der Waals surface area (Å²) in [5, 5.41) is 3.72. The summed E-state index contributed by atoms with van der Waals surface area (Å²) in [6, 6.07) is 9.70. The van der Waals surface area contributed by atoms with Crippen LogP contribution in [0.1, 0.15) is 6.92 Å². The van der Waals surface area contributed by atoms with Gasteiger partial charge >= 0.3 is 0 Å². The van der Waals surface area contributed by atoms with Crippen molar-refractivity contribution >= 4 is 16.0 Å². The second kappa shape index (κ2) is 8.91. The molecule has 1 heterocycles. The highest BCUT2D eigenvalue weighted by molar-refractivity contribution is 7.93. The maximum absolute atomic E-state index is 12.9. The minimum absolute atomic E-state index is 0.0574. The Morgan fingerprint density at radius 1 is 1.00 bits per heavy atom. The second-order valence-corrected chi connectivity index (χ2v) is 7.43. The van der Waals surface area contributed by atoms with Gasteiger partial charge < -0.3 is 23.5 Å². The van der Waals surface area contributed by atoms with Gasteiger partial charge in [0.25, 0.3) is 21.9 Å². The number of hydrogen-bond acceptors (Lipinski definition) is 9. The molecule has 11 heteroatoms. The van der Waals surface area contributed by atoms with Crippen LogP contribution in [0.4, 0.5) is 5.95 Å². The van der Waals surface area contributed by atoms with Crippen molar-refractivity contribution in [3.8, 4) is 34.5 Å². The number of nitrogens with one attached hydrogen (secondary N) is 1. The van der Waals surface area contributed by atoms with E-state index in [0.29, 0.717) is 23.7 Å². The summed E-state index contributed by atoms with van der Waals surface area (Å²) in [6.45, 7) is 2.25. The van der Waals surface area contributed by atoms with Gasteiger partial charge in [-0.3, -0.25) is 0 Å². The Hall–Kier alpha value is -3.47. The molecule has 0 bridgehead atoms. The molecule has 3 aromatic rings. The average molecular weight is 435 g/mol. The summed E-state index contributed by atoms with van der Waals surface area (Å²) < 4.78 is 54.5. The van der Waals surface area contributed by atoms with Crippen LogP contribution in [0, 0.1) is 0 Å². The first-order chi connectivity index (χ1) is 14.4. The lowest BCUT2D eigenvalue weighted by atomic mass is 10.2. The molecule has 2 aromatic carbocycles. The monoisotopic (exact) mass is 435 g/mol. The smallest absolute Gasteiger partial charge is 0.277 e. The number of anilines is 1. The zero-order valence-electron chi connectivity index (χ0n) is 16.8. The summed E-state index contributed by atoms with van der Waals surface area (Å²) >= 11 is 0. The molecule has 10 nitrogen and oxygen atoms in total. The third-order valence-electron chi connectivity index (χ3n) is 4.02. The normalized spacial score (nSPS) is 11.1. The highest BCUT2D eigenvalue weighted by atomic mass is 32.2. The van der Waals surface area contributed by atoms with Gasteiger partial charge in [-0.15, -0.1) is 0 Å². The van der Waals surface area contributed by atoms with Crippen LogP contribution in [0.5, 0.6) is 23.0 Å². The van der Waals surface area contributed by atoms with E-state index in [1.807, 2.05) is 6.92 Å². The topological polar surface area (TPSA) is 122 Å². The van der Waals surface area contributed by atoms with Gasteiger partial charge in [-0.2, -0.15) is 4.98 Å². The molecule has 30 heavy (non-hydrogen) atoms. The molecule has 0 spiro atoms. The van der Waals surface area contributed by atoms with Crippen LogP contribution >= 0.6 is 0 Å². The summed E-state index contributed by atoms with van der Waals surface area (Å²) in [6.07, 6.45) is 0. The molecule has 0 saturated carbocycles. The maximum atomic E-state index is 12.9. The third kappa shape index (κ3) is 4.25. The highest BCUT2D eigenvalue weighted by Crippen LogP contribution is 2.35. The van der Waals surface area contributed by atoms with Gasteiger partial charge in [-0.25, -0.2) is 13.1 Å². The molecule has 0 amide bonds. The molecule has 3 rings (SSSR count). The Labute approximate surface area is 173 Å². The van der Waals surface area contributed by atoms with Crippen LogP contribution in [-0.2, 0) is 10.0 Å². The number of nitrogens with zero attached hydrogens (tertiary/aromatic N) is 2. The molecule has 0 unspecified atom stereocenters. The first-order valence-corrected chi connectivity index (χ1v) is 10.3. The van der Waals surface area contributed by atoms with Crippen molar-refractivity contribution in [1.29, 1.82) is 0 Å². The van der Waals surface area contributed by atoms with Crippen molar-refractivity contribution in [2.75, 3.05) is 32.7 Å². The standard InChI is InChI=1S/C19H21N3O7S/c1-5-28-14-10-9-12(25-2)11-13(14)18-20-19(21-29-18)22-30(23,24)17-15(26-3)7-6-8-16(17)27-4/h6-11H,5H2,1-4H3,(H,21,22). The van der Waals surface area contributed by atoms with E-state index in [1.165, 1.54) is 33.5 Å². The number of benzene rings is 2. The Morgan fingerprint density at radius 3 is 2.30 bits per heavy atom. The van der Waals surface area contributed by atoms with Crippen LogP contribution in [-0.4, -0.2) is 46.5 Å². The van der Waals surface area contributed by atoms with Gasteiger partial charge in [0.1, 0.15) is 23.0 Å². The van der Waals surface area contributed by atoms with Gasteiger partial charge in [0.15, 0.2) is 4.90 Å².